The van der Waals surface area contributed by atoms with Gasteiger partial charge in [0.25, 0.3) is 0 Å². The fraction of sp³-hybridized carbons (Fsp3) is 0.435. The fourth-order valence-electron chi connectivity index (χ4n) is 3.98. The summed E-state index contributed by atoms with van der Waals surface area (Å²) in [4.78, 5) is 14.9. The van der Waals surface area contributed by atoms with Gasteiger partial charge in [-0.1, -0.05) is 41.4 Å². The highest BCUT2D eigenvalue weighted by molar-refractivity contribution is 6.31. The van der Waals surface area contributed by atoms with Crippen LogP contribution in [0.5, 0.6) is 0 Å². The van der Waals surface area contributed by atoms with Crippen LogP contribution >= 0.6 is 11.6 Å². The van der Waals surface area contributed by atoms with Gasteiger partial charge in [-0.3, -0.25) is 9.69 Å². The van der Waals surface area contributed by atoms with E-state index in [4.69, 9.17) is 11.6 Å². The van der Waals surface area contributed by atoms with E-state index in [0.717, 1.165) is 31.5 Å². The second kappa shape index (κ2) is 9.06. The molecule has 1 fully saturated rings. The monoisotopic (exact) mass is 402 g/mol. The van der Waals surface area contributed by atoms with Crippen LogP contribution in [0.25, 0.3) is 0 Å². The van der Waals surface area contributed by atoms with Crippen molar-refractivity contribution in [3.05, 3.63) is 69.5 Å². The highest BCUT2D eigenvalue weighted by Crippen LogP contribution is 2.25. The van der Waals surface area contributed by atoms with Crippen LogP contribution in [0.3, 0.4) is 0 Å². The number of carbonyl (C=O) groups is 1. The Labute approximate surface area is 171 Å². The Hall–Kier alpha value is -1.91. The van der Waals surface area contributed by atoms with Crippen LogP contribution in [0.4, 0.5) is 4.39 Å². The first kappa shape index (κ1) is 20.8. The zero-order chi connectivity index (χ0) is 20.3. The summed E-state index contributed by atoms with van der Waals surface area (Å²) < 4.78 is 14.0. The van der Waals surface area contributed by atoms with E-state index in [9.17, 15) is 9.18 Å². The third-order valence-corrected chi connectivity index (χ3v) is 6.01. The van der Waals surface area contributed by atoms with E-state index in [1.165, 1.54) is 17.2 Å². The van der Waals surface area contributed by atoms with E-state index in [1.54, 1.807) is 12.1 Å². The Morgan fingerprint density at radius 3 is 2.61 bits per heavy atom. The van der Waals surface area contributed by atoms with Crippen molar-refractivity contribution in [1.82, 2.24) is 10.2 Å². The minimum atomic E-state index is -0.269. The summed E-state index contributed by atoms with van der Waals surface area (Å²) in [6.07, 6.45) is 1.55. The van der Waals surface area contributed by atoms with Gasteiger partial charge in [0.15, 0.2) is 0 Å². The van der Waals surface area contributed by atoms with E-state index >= 15 is 0 Å². The lowest BCUT2D eigenvalue weighted by Gasteiger charge is -2.32. The van der Waals surface area contributed by atoms with Gasteiger partial charge in [0.1, 0.15) is 5.82 Å². The number of hydrogen-bond acceptors (Lipinski definition) is 2. The number of hydrogen-bond donors (Lipinski definition) is 1. The second-order valence-corrected chi connectivity index (χ2v) is 8.25. The molecule has 150 valence electrons. The lowest BCUT2D eigenvalue weighted by Crippen LogP contribution is -2.41. The Bertz CT molecular complexity index is 826. The molecule has 1 N–H and O–H groups in total. The minimum absolute atomic E-state index is 0.000506. The number of halogens is 2. The average Bonchev–Trinajstić information content (AvgIpc) is 2.65. The van der Waals surface area contributed by atoms with Crippen molar-refractivity contribution in [2.45, 2.75) is 46.2 Å². The van der Waals surface area contributed by atoms with E-state index in [2.05, 4.69) is 42.3 Å². The van der Waals surface area contributed by atoms with Gasteiger partial charge in [-0.25, -0.2) is 4.39 Å². The van der Waals surface area contributed by atoms with Gasteiger partial charge < -0.3 is 5.32 Å². The third kappa shape index (κ3) is 4.92. The summed E-state index contributed by atoms with van der Waals surface area (Å²) in [5.74, 6) is -0.161. The van der Waals surface area contributed by atoms with Gasteiger partial charge >= 0.3 is 0 Å². The highest BCUT2D eigenvalue weighted by Gasteiger charge is 2.27. The maximum atomic E-state index is 14.0. The first-order valence-corrected chi connectivity index (χ1v) is 10.3. The van der Waals surface area contributed by atoms with E-state index in [1.807, 2.05) is 6.92 Å². The number of rotatable bonds is 5. The molecule has 1 amide bonds. The molecule has 2 aromatic carbocycles. The number of benzene rings is 2. The molecule has 3 nitrogen and oxygen atoms in total. The Kier molecular flexibility index (Phi) is 6.73. The lowest BCUT2D eigenvalue weighted by atomic mass is 9.94. The molecule has 1 saturated heterocycles. The van der Waals surface area contributed by atoms with Crippen LogP contribution < -0.4 is 5.32 Å². The molecule has 5 heteroatoms. The lowest BCUT2D eigenvalue weighted by molar-refractivity contribution is -0.127. The van der Waals surface area contributed by atoms with Gasteiger partial charge in [0.05, 0.1) is 6.04 Å². The van der Waals surface area contributed by atoms with E-state index < -0.39 is 0 Å². The number of likely N-dealkylation sites (tertiary alicyclic amines) is 1. The molecular formula is C23H28ClFN2O. The largest absolute Gasteiger partial charge is 0.349 e. The highest BCUT2D eigenvalue weighted by atomic mass is 35.5. The number of nitrogens with one attached hydrogen (secondary N) is 1. The average molecular weight is 403 g/mol. The van der Waals surface area contributed by atoms with E-state index in [0.29, 0.717) is 17.1 Å². The topological polar surface area (TPSA) is 32.3 Å². The van der Waals surface area contributed by atoms with Gasteiger partial charge in [-0.15, -0.1) is 0 Å². The first-order chi connectivity index (χ1) is 13.3. The molecule has 0 spiro atoms. The van der Waals surface area contributed by atoms with Crippen molar-refractivity contribution in [3.8, 4) is 0 Å². The molecule has 1 aliphatic heterocycles. The van der Waals surface area contributed by atoms with Crippen molar-refractivity contribution in [1.29, 1.82) is 0 Å². The maximum Gasteiger partial charge on any atom is 0.223 e. The van der Waals surface area contributed by atoms with Crippen LogP contribution in [0.2, 0.25) is 5.02 Å². The second-order valence-electron chi connectivity index (χ2n) is 7.84. The third-order valence-electron chi connectivity index (χ3n) is 5.65. The molecule has 0 saturated carbocycles. The molecule has 1 heterocycles. The number of nitrogens with zero attached hydrogens (tertiary/aromatic N) is 1. The normalized spacial score (nSPS) is 16.8. The minimum Gasteiger partial charge on any atom is -0.349 e. The van der Waals surface area contributed by atoms with Crippen molar-refractivity contribution < 1.29 is 9.18 Å². The summed E-state index contributed by atoms with van der Waals surface area (Å²) in [6.45, 7) is 8.20. The maximum absolute atomic E-state index is 14.0. The molecule has 1 atom stereocenters. The SMILES string of the molecule is Cc1ccc([C@@H](C)NC(=O)C2CCN(Cc3c(F)cccc3Cl)CC2)c(C)c1. The smallest absolute Gasteiger partial charge is 0.223 e. The van der Waals surface area contributed by atoms with Crippen molar-refractivity contribution in [3.63, 3.8) is 0 Å². The quantitative estimate of drug-likeness (QED) is 0.746. The summed E-state index contributed by atoms with van der Waals surface area (Å²) in [5.41, 5.74) is 4.12. The molecular weight excluding hydrogens is 375 g/mol. The van der Waals surface area contributed by atoms with Crippen molar-refractivity contribution >= 4 is 17.5 Å². The molecule has 2 aromatic rings. The predicted octanol–water partition coefficient (Wildman–Crippen LogP) is 5.19. The molecule has 0 aliphatic carbocycles. The molecule has 1 aliphatic rings. The Morgan fingerprint density at radius 1 is 1.25 bits per heavy atom. The van der Waals surface area contributed by atoms with Crippen LogP contribution in [-0.4, -0.2) is 23.9 Å². The van der Waals surface area contributed by atoms with E-state index in [-0.39, 0.29) is 23.7 Å². The standard InChI is InChI=1S/C23H28ClFN2O/c1-15-7-8-19(16(2)13-15)17(3)26-23(28)18-9-11-27(12-10-18)14-20-21(24)5-4-6-22(20)25/h4-8,13,17-18H,9-12,14H2,1-3H3,(H,26,28)/t17-/m1/s1. The van der Waals surface area contributed by atoms with Crippen molar-refractivity contribution in [2.24, 2.45) is 5.92 Å². The van der Waals surface area contributed by atoms with Crippen LogP contribution in [0, 0.1) is 25.6 Å². The van der Waals surface area contributed by atoms with Crippen molar-refractivity contribution in [2.75, 3.05) is 13.1 Å². The van der Waals surface area contributed by atoms with Crippen LogP contribution in [0.1, 0.15) is 48.1 Å². The number of piperidine rings is 1. The molecule has 3 rings (SSSR count). The Balaban J connectivity index is 1.53. The van der Waals surface area contributed by atoms with Gasteiger partial charge in [-0.05, 0) is 70.0 Å². The zero-order valence-corrected chi connectivity index (χ0v) is 17.5. The van der Waals surface area contributed by atoms with Crippen LogP contribution in [-0.2, 0) is 11.3 Å². The van der Waals surface area contributed by atoms with Gasteiger partial charge in [0.2, 0.25) is 5.91 Å². The number of carbonyl (C=O) groups excluding carboxylic acids is 1. The number of amides is 1. The summed E-state index contributed by atoms with van der Waals surface area (Å²) in [6, 6.07) is 11.1. The van der Waals surface area contributed by atoms with Gasteiger partial charge in [-0.2, -0.15) is 0 Å². The summed E-state index contributed by atoms with van der Waals surface area (Å²) >= 11 is 6.14. The van der Waals surface area contributed by atoms with Crippen LogP contribution in [0.15, 0.2) is 36.4 Å². The molecule has 0 bridgehead atoms. The Morgan fingerprint density at radius 2 is 1.96 bits per heavy atom. The van der Waals surface area contributed by atoms with Gasteiger partial charge in [0, 0.05) is 23.0 Å². The molecule has 0 radical (unpaired) electrons. The fourth-order valence-corrected chi connectivity index (χ4v) is 4.20. The summed E-state index contributed by atoms with van der Waals surface area (Å²) in [5, 5.41) is 3.63. The predicted molar refractivity (Wildman–Crippen MR) is 112 cm³/mol. The first-order valence-electron chi connectivity index (χ1n) is 9.88. The molecule has 0 unspecified atom stereocenters. The summed E-state index contributed by atoms with van der Waals surface area (Å²) in [7, 11) is 0. The molecule has 28 heavy (non-hydrogen) atoms. The molecule has 0 aromatic heterocycles. The zero-order valence-electron chi connectivity index (χ0n) is 16.8. The number of aryl methyl sites for hydroxylation is 2.